The summed E-state index contributed by atoms with van der Waals surface area (Å²) in [4.78, 5) is 10.8. The Balaban J connectivity index is 2.16. The first-order valence-electron chi connectivity index (χ1n) is 6.25. The summed E-state index contributed by atoms with van der Waals surface area (Å²) < 4.78 is 0.976. The molecule has 0 saturated heterocycles. The van der Waals surface area contributed by atoms with Gasteiger partial charge in [0.1, 0.15) is 12.1 Å². The Morgan fingerprint density at radius 2 is 2.18 bits per heavy atom. The second-order valence-electron chi connectivity index (χ2n) is 4.47. The number of hydrogen-bond donors (Lipinski definition) is 1. The van der Waals surface area contributed by atoms with Gasteiger partial charge < -0.3 is 10.6 Å². The highest BCUT2D eigenvalue weighted by molar-refractivity contribution is 9.10. The van der Waals surface area contributed by atoms with Crippen molar-refractivity contribution in [3.8, 4) is 0 Å². The molecule has 1 aromatic heterocycles. The maximum Gasteiger partial charge on any atom is 0.146 e. The van der Waals surface area contributed by atoms with Gasteiger partial charge in [0.2, 0.25) is 0 Å². The number of hydrogen-bond acceptors (Lipinski definition) is 4. The second-order valence-corrected chi connectivity index (χ2v) is 5.32. The predicted octanol–water partition coefficient (Wildman–Crippen LogP) is 2.34. The molecule has 0 unspecified atom stereocenters. The van der Waals surface area contributed by atoms with E-state index in [4.69, 9.17) is 5.73 Å². The molecule has 0 spiro atoms. The number of nitrogens with zero attached hydrogens (tertiary/aromatic N) is 3. The van der Waals surface area contributed by atoms with Crippen LogP contribution in [0.5, 0.6) is 0 Å². The number of aromatic nitrogens is 2. The van der Waals surface area contributed by atoms with E-state index in [9.17, 15) is 0 Å². The molecular weight excluding hydrogens is 280 g/mol. The molecule has 0 amide bonds. The van der Waals surface area contributed by atoms with Gasteiger partial charge in [-0.2, -0.15) is 0 Å². The zero-order chi connectivity index (χ0) is 12.1. The smallest absolute Gasteiger partial charge is 0.146 e. The highest BCUT2D eigenvalue weighted by Crippen LogP contribution is 2.30. The first kappa shape index (κ1) is 12.8. The molecule has 0 radical (unpaired) electrons. The van der Waals surface area contributed by atoms with Crippen molar-refractivity contribution in [1.82, 2.24) is 9.97 Å². The van der Waals surface area contributed by atoms with Crippen LogP contribution < -0.4 is 10.6 Å². The van der Waals surface area contributed by atoms with Crippen LogP contribution in [0.4, 0.5) is 5.82 Å². The fourth-order valence-electron chi connectivity index (χ4n) is 2.46. The minimum absolute atomic E-state index is 0.618. The third-order valence-corrected chi connectivity index (χ3v) is 3.85. The third kappa shape index (κ3) is 3.16. The Morgan fingerprint density at radius 3 is 2.82 bits per heavy atom. The summed E-state index contributed by atoms with van der Waals surface area (Å²) in [5.74, 6) is 1.01. The Kier molecular flexibility index (Phi) is 4.74. The lowest BCUT2D eigenvalue weighted by atomic mass is 10.2. The molecule has 1 heterocycles. The average molecular weight is 299 g/mol. The molecule has 4 nitrogen and oxygen atoms in total. The number of rotatable bonds is 5. The van der Waals surface area contributed by atoms with Gasteiger partial charge >= 0.3 is 0 Å². The molecule has 0 bridgehead atoms. The van der Waals surface area contributed by atoms with Gasteiger partial charge in [-0.1, -0.05) is 12.8 Å². The van der Waals surface area contributed by atoms with Gasteiger partial charge in [-0.15, -0.1) is 0 Å². The van der Waals surface area contributed by atoms with E-state index in [0.29, 0.717) is 6.04 Å². The highest BCUT2D eigenvalue weighted by Gasteiger charge is 2.24. The first-order valence-corrected chi connectivity index (χ1v) is 7.04. The van der Waals surface area contributed by atoms with Gasteiger partial charge in [0.05, 0.1) is 4.47 Å². The Morgan fingerprint density at radius 1 is 1.41 bits per heavy atom. The molecular formula is C12H19BrN4. The zero-order valence-corrected chi connectivity index (χ0v) is 11.6. The molecule has 2 N–H and O–H groups in total. The molecule has 0 aliphatic heterocycles. The lowest BCUT2D eigenvalue weighted by Gasteiger charge is -2.30. The van der Waals surface area contributed by atoms with Crippen LogP contribution in [0.15, 0.2) is 17.0 Å². The van der Waals surface area contributed by atoms with Gasteiger partial charge in [-0.05, 0) is 41.7 Å². The van der Waals surface area contributed by atoms with E-state index >= 15 is 0 Å². The Hall–Kier alpha value is -0.680. The summed E-state index contributed by atoms with van der Waals surface area (Å²) in [6, 6.07) is 0.618. The Labute approximate surface area is 111 Å². The van der Waals surface area contributed by atoms with E-state index in [2.05, 4.69) is 30.8 Å². The van der Waals surface area contributed by atoms with Gasteiger partial charge in [0, 0.05) is 18.8 Å². The van der Waals surface area contributed by atoms with Crippen LogP contribution in [0.25, 0.3) is 0 Å². The maximum absolute atomic E-state index is 5.62. The monoisotopic (exact) mass is 298 g/mol. The first-order chi connectivity index (χ1) is 8.33. The van der Waals surface area contributed by atoms with E-state index < -0.39 is 0 Å². The van der Waals surface area contributed by atoms with Crippen molar-refractivity contribution in [2.45, 2.75) is 38.1 Å². The van der Waals surface area contributed by atoms with Crippen molar-refractivity contribution in [1.29, 1.82) is 0 Å². The maximum atomic E-state index is 5.62. The summed E-state index contributed by atoms with van der Waals surface area (Å²) in [7, 11) is 0. The molecule has 17 heavy (non-hydrogen) atoms. The SMILES string of the molecule is NCCCN(c1ncncc1Br)C1CCCC1. The highest BCUT2D eigenvalue weighted by atomic mass is 79.9. The quantitative estimate of drug-likeness (QED) is 0.906. The topological polar surface area (TPSA) is 55.0 Å². The van der Waals surface area contributed by atoms with E-state index in [1.54, 1.807) is 6.33 Å². The van der Waals surface area contributed by atoms with E-state index in [0.717, 1.165) is 29.8 Å². The number of halogens is 1. The van der Waals surface area contributed by atoms with Crippen LogP contribution in [-0.4, -0.2) is 29.1 Å². The van der Waals surface area contributed by atoms with Crippen molar-refractivity contribution in [2.24, 2.45) is 5.73 Å². The molecule has 1 fully saturated rings. The molecule has 2 rings (SSSR count). The summed E-state index contributed by atoms with van der Waals surface area (Å²) in [6.07, 6.45) is 9.62. The van der Waals surface area contributed by atoms with Crippen molar-refractivity contribution >= 4 is 21.7 Å². The summed E-state index contributed by atoms with van der Waals surface area (Å²) in [5, 5.41) is 0. The summed E-state index contributed by atoms with van der Waals surface area (Å²) in [5.41, 5.74) is 5.62. The van der Waals surface area contributed by atoms with Gasteiger partial charge in [-0.25, -0.2) is 9.97 Å². The minimum Gasteiger partial charge on any atom is -0.353 e. The van der Waals surface area contributed by atoms with Crippen LogP contribution in [0.3, 0.4) is 0 Å². The third-order valence-electron chi connectivity index (χ3n) is 3.29. The van der Waals surface area contributed by atoms with Crippen molar-refractivity contribution in [2.75, 3.05) is 18.0 Å². The second kappa shape index (κ2) is 6.31. The largest absolute Gasteiger partial charge is 0.353 e. The molecule has 0 atom stereocenters. The lowest BCUT2D eigenvalue weighted by Crippen LogP contribution is -2.36. The molecule has 5 heteroatoms. The van der Waals surface area contributed by atoms with Gasteiger partial charge in [0.25, 0.3) is 0 Å². The number of nitrogens with two attached hydrogens (primary N) is 1. The lowest BCUT2D eigenvalue weighted by molar-refractivity contribution is 0.585. The van der Waals surface area contributed by atoms with Crippen molar-refractivity contribution in [3.05, 3.63) is 17.0 Å². The van der Waals surface area contributed by atoms with Gasteiger partial charge in [-0.3, -0.25) is 0 Å². The van der Waals surface area contributed by atoms with E-state index in [1.165, 1.54) is 25.7 Å². The molecule has 1 aliphatic rings. The number of anilines is 1. The van der Waals surface area contributed by atoms with Gasteiger partial charge in [0.15, 0.2) is 0 Å². The van der Waals surface area contributed by atoms with Crippen LogP contribution >= 0.6 is 15.9 Å². The fraction of sp³-hybridized carbons (Fsp3) is 0.667. The summed E-state index contributed by atoms with van der Waals surface area (Å²) >= 11 is 3.54. The van der Waals surface area contributed by atoms with Crippen molar-refractivity contribution < 1.29 is 0 Å². The van der Waals surface area contributed by atoms with E-state index in [1.807, 2.05) is 6.20 Å². The predicted molar refractivity (Wildman–Crippen MR) is 73.0 cm³/mol. The average Bonchev–Trinajstić information content (AvgIpc) is 2.85. The standard InChI is InChI=1S/C12H19BrN4/c13-11-8-15-9-16-12(11)17(7-3-6-14)10-4-1-2-5-10/h8-10H,1-7,14H2. The van der Waals surface area contributed by atoms with Crippen molar-refractivity contribution in [3.63, 3.8) is 0 Å². The van der Waals surface area contributed by atoms with Crippen LogP contribution in [0.1, 0.15) is 32.1 Å². The van der Waals surface area contributed by atoms with Crippen LogP contribution in [0.2, 0.25) is 0 Å². The normalized spacial score (nSPS) is 16.4. The molecule has 1 aliphatic carbocycles. The Bertz CT molecular complexity index is 352. The molecule has 0 aromatic carbocycles. The fourth-order valence-corrected chi connectivity index (χ4v) is 2.90. The molecule has 1 aromatic rings. The minimum atomic E-state index is 0.618. The molecule has 1 saturated carbocycles. The van der Waals surface area contributed by atoms with Crippen LogP contribution in [0, 0.1) is 0 Å². The van der Waals surface area contributed by atoms with Crippen LogP contribution in [-0.2, 0) is 0 Å². The van der Waals surface area contributed by atoms with E-state index in [-0.39, 0.29) is 0 Å². The summed E-state index contributed by atoms with van der Waals surface area (Å²) in [6.45, 7) is 1.71. The molecule has 94 valence electrons. The zero-order valence-electron chi connectivity index (χ0n) is 9.98.